The van der Waals surface area contributed by atoms with E-state index in [0.29, 0.717) is 37.3 Å². The minimum Gasteiger partial charge on any atom is -0.468 e. The Bertz CT molecular complexity index is 792. The van der Waals surface area contributed by atoms with Crippen molar-refractivity contribution in [2.24, 2.45) is 0 Å². The summed E-state index contributed by atoms with van der Waals surface area (Å²) < 4.78 is 31.2. The first-order chi connectivity index (χ1) is 11.5. The maximum Gasteiger partial charge on any atom is 0.253 e. The quantitative estimate of drug-likeness (QED) is 0.660. The number of halogens is 1. The Hall–Kier alpha value is -1.35. The Morgan fingerprint density at radius 1 is 1.17 bits per heavy atom. The Morgan fingerprint density at radius 2 is 1.83 bits per heavy atom. The van der Waals surface area contributed by atoms with E-state index < -0.39 is 15.1 Å². The van der Waals surface area contributed by atoms with Crippen LogP contribution in [-0.2, 0) is 15.6 Å². The molecular weight excluding hydrogens is 441 g/mol. The first kappa shape index (κ1) is 17.5. The second kappa shape index (κ2) is 7.26. The van der Waals surface area contributed by atoms with Crippen molar-refractivity contribution in [3.05, 3.63) is 57.6 Å². The molecule has 0 bridgehead atoms. The van der Waals surface area contributed by atoms with Crippen LogP contribution in [0.4, 0.5) is 0 Å². The zero-order valence-corrected chi connectivity index (χ0v) is 16.0. The standard InChI is InChI=1S/C17H18INO4S/c18-14-5-3-13(4-6-14)17(20)19-9-7-16(8-10-19)24(21,22)12-15-2-1-11-23-15/h1-6,11,16H,7-10,12H2. The van der Waals surface area contributed by atoms with Crippen LogP contribution in [0.25, 0.3) is 0 Å². The summed E-state index contributed by atoms with van der Waals surface area (Å²) in [6, 6.07) is 10.8. The molecule has 1 fully saturated rings. The third kappa shape index (κ3) is 4.00. The molecule has 0 atom stereocenters. The number of likely N-dealkylation sites (tertiary alicyclic amines) is 1. The van der Waals surface area contributed by atoms with Crippen molar-refractivity contribution in [3.63, 3.8) is 0 Å². The molecule has 1 aromatic carbocycles. The van der Waals surface area contributed by atoms with Crippen LogP contribution >= 0.6 is 22.6 Å². The van der Waals surface area contributed by atoms with E-state index in [4.69, 9.17) is 4.42 Å². The van der Waals surface area contributed by atoms with Crippen LogP contribution in [0.3, 0.4) is 0 Å². The van der Waals surface area contributed by atoms with Gasteiger partial charge in [0.15, 0.2) is 9.84 Å². The Morgan fingerprint density at radius 3 is 2.42 bits per heavy atom. The number of amides is 1. The van der Waals surface area contributed by atoms with Crippen LogP contribution in [0.5, 0.6) is 0 Å². The second-order valence-electron chi connectivity index (χ2n) is 5.89. The predicted molar refractivity (Wildman–Crippen MR) is 99.4 cm³/mol. The smallest absolute Gasteiger partial charge is 0.253 e. The van der Waals surface area contributed by atoms with Crippen LogP contribution in [-0.4, -0.2) is 37.6 Å². The van der Waals surface area contributed by atoms with Crippen molar-refractivity contribution in [2.75, 3.05) is 13.1 Å². The number of nitrogens with zero attached hydrogens (tertiary/aromatic N) is 1. The molecule has 0 spiro atoms. The first-order valence-electron chi connectivity index (χ1n) is 7.74. The number of sulfone groups is 1. The predicted octanol–water partition coefficient (Wildman–Crippen LogP) is 3.10. The third-order valence-corrected chi connectivity index (χ3v) is 7.14. The van der Waals surface area contributed by atoms with Crippen LogP contribution in [0.2, 0.25) is 0 Å². The highest BCUT2D eigenvalue weighted by molar-refractivity contribution is 14.1. The molecule has 7 heteroatoms. The number of hydrogen-bond acceptors (Lipinski definition) is 4. The molecule has 1 aliphatic heterocycles. The van der Waals surface area contributed by atoms with Crippen molar-refractivity contribution in [3.8, 4) is 0 Å². The highest BCUT2D eigenvalue weighted by Crippen LogP contribution is 2.23. The van der Waals surface area contributed by atoms with Gasteiger partial charge in [-0.1, -0.05) is 0 Å². The van der Waals surface area contributed by atoms with E-state index in [9.17, 15) is 13.2 Å². The molecule has 24 heavy (non-hydrogen) atoms. The van der Waals surface area contributed by atoms with Gasteiger partial charge in [0.05, 0.1) is 11.5 Å². The lowest BCUT2D eigenvalue weighted by atomic mass is 10.1. The molecule has 3 rings (SSSR count). The number of furan rings is 1. The largest absolute Gasteiger partial charge is 0.468 e. The Labute approximate surface area is 155 Å². The van der Waals surface area contributed by atoms with Crippen molar-refractivity contribution in [1.82, 2.24) is 4.90 Å². The third-order valence-electron chi connectivity index (χ3n) is 4.25. The van der Waals surface area contributed by atoms with E-state index in [-0.39, 0.29) is 11.7 Å². The van der Waals surface area contributed by atoms with Crippen LogP contribution in [0.15, 0.2) is 47.1 Å². The normalized spacial score (nSPS) is 16.3. The highest BCUT2D eigenvalue weighted by atomic mass is 127. The molecule has 5 nitrogen and oxygen atoms in total. The second-order valence-corrected chi connectivity index (χ2v) is 9.41. The number of carbonyl (C=O) groups is 1. The van der Waals surface area contributed by atoms with Gasteiger partial charge in [0.2, 0.25) is 0 Å². The topological polar surface area (TPSA) is 67.6 Å². The van der Waals surface area contributed by atoms with Crippen molar-refractivity contribution >= 4 is 38.3 Å². The summed E-state index contributed by atoms with van der Waals surface area (Å²) in [6.45, 7) is 0.930. The average molecular weight is 459 g/mol. The fraction of sp³-hybridized carbons (Fsp3) is 0.353. The van der Waals surface area contributed by atoms with Gasteiger partial charge in [0, 0.05) is 22.2 Å². The van der Waals surface area contributed by atoms with Gasteiger partial charge in [-0.2, -0.15) is 0 Å². The molecule has 1 amide bonds. The van der Waals surface area contributed by atoms with Gasteiger partial charge in [-0.15, -0.1) is 0 Å². The van der Waals surface area contributed by atoms with Gasteiger partial charge in [-0.05, 0) is 71.8 Å². The van der Waals surface area contributed by atoms with Crippen LogP contribution < -0.4 is 0 Å². The number of rotatable bonds is 4. The SMILES string of the molecule is O=C(c1ccc(I)cc1)N1CCC(S(=O)(=O)Cc2ccco2)CC1. The molecule has 1 aromatic heterocycles. The van der Waals surface area contributed by atoms with Gasteiger partial charge in [-0.3, -0.25) is 4.79 Å². The highest BCUT2D eigenvalue weighted by Gasteiger charge is 2.32. The van der Waals surface area contributed by atoms with Gasteiger partial charge < -0.3 is 9.32 Å². The Kier molecular flexibility index (Phi) is 5.29. The van der Waals surface area contributed by atoms with E-state index >= 15 is 0 Å². The first-order valence-corrected chi connectivity index (χ1v) is 10.5. The summed E-state index contributed by atoms with van der Waals surface area (Å²) in [5.41, 5.74) is 0.646. The van der Waals surface area contributed by atoms with Crippen molar-refractivity contribution < 1.29 is 17.6 Å². The van der Waals surface area contributed by atoms with E-state index in [2.05, 4.69) is 22.6 Å². The zero-order valence-electron chi connectivity index (χ0n) is 13.0. The number of hydrogen-bond donors (Lipinski definition) is 0. The van der Waals surface area contributed by atoms with E-state index in [1.54, 1.807) is 17.0 Å². The molecular formula is C17H18INO4S. The number of benzene rings is 1. The van der Waals surface area contributed by atoms with Gasteiger partial charge >= 0.3 is 0 Å². The number of piperidine rings is 1. The minimum atomic E-state index is -3.26. The summed E-state index contributed by atoms with van der Waals surface area (Å²) in [5.74, 6) is 0.358. The summed E-state index contributed by atoms with van der Waals surface area (Å²) >= 11 is 2.19. The summed E-state index contributed by atoms with van der Waals surface area (Å²) in [5, 5.41) is -0.414. The maximum atomic E-state index is 12.5. The van der Waals surface area contributed by atoms with E-state index in [0.717, 1.165) is 3.57 Å². The van der Waals surface area contributed by atoms with Gasteiger partial charge in [-0.25, -0.2) is 8.42 Å². The van der Waals surface area contributed by atoms with Crippen molar-refractivity contribution in [1.29, 1.82) is 0 Å². The van der Waals surface area contributed by atoms with Crippen LogP contribution in [0.1, 0.15) is 29.0 Å². The molecule has 0 N–H and O–H groups in total. The lowest BCUT2D eigenvalue weighted by Gasteiger charge is -2.31. The molecule has 1 saturated heterocycles. The summed E-state index contributed by atoms with van der Waals surface area (Å²) in [4.78, 5) is 14.2. The molecule has 2 heterocycles. The zero-order chi connectivity index (χ0) is 17.2. The van der Waals surface area contributed by atoms with Gasteiger partial charge in [0.1, 0.15) is 11.5 Å². The lowest BCUT2D eigenvalue weighted by Crippen LogP contribution is -2.42. The molecule has 0 radical (unpaired) electrons. The molecule has 0 unspecified atom stereocenters. The van der Waals surface area contributed by atoms with Gasteiger partial charge in [0.25, 0.3) is 5.91 Å². The molecule has 0 saturated carbocycles. The molecule has 0 aliphatic carbocycles. The average Bonchev–Trinajstić information content (AvgIpc) is 3.07. The fourth-order valence-electron chi connectivity index (χ4n) is 2.90. The minimum absolute atomic E-state index is 0.0340. The van der Waals surface area contributed by atoms with Crippen LogP contribution in [0, 0.1) is 3.57 Å². The maximum absolute atomic E-state index is 12.5. The fourth-order valence-corrected chi connectivity index (χ4v) is 4.99. The summed E-state index contributed by atoms with van der Waals surface area (Å²) in [6.07, 6.45) is 2.42. The Balaban J connectivity index is 1.61. The molecule has 128 valence electrons. The monoisotopic (exact) mass is 459 g/mol. The van der Waals surface area contributed by atoms with E-state index in [1.165, 1.54) is 6.26 Å². The molecule has 1 aliphatic rings. The van der Waals surface area contributed by atoms with Crippen molar-refractivity contribution in [2.45, 2.75) is 23.8 Å². The number of carbonyl (C=O) groups excluding carboxylic acids is 1. The lowest BCUT2D eigenvalue weighted by molar-refractivity contribution is 0.0725. The molecule has 2 aromatic rings. The summed E-state index contributed by atoms with van der Waals surface area (Å²) in [7, 11) is -3.26. The van der Waals surface area contributed by atoms with E-state index in [1.807, 2.05) is 24.3 Å².